The molecule has 0 unspecified atom stereocenters. The molecule has 2 saturated heterocycles. The molecule has 6 nitrogen and oxygen atoms in total. The number of carbonyl (C=O) groups excluding carboxylic acids is 4. The third kappa shape index (κ3) is 2.53. The van der Waals surface area contributed by atoms with Gasteiger partial charge in [0, 0.05) is 16.1 Å². The van der Waals surface area contributed by atoms with E-state index in [0.29, 0.717) is 16.3 Å². The largest absolute Gasteiger partial charge is 0.349 e. The average molecular weight is 458 g/mol. The number of fused-ring (bicyclic) bond motifs is 3. The zero-order valence-electron chi connectivity index (χ0n) is 17.1. The van der Waals surface area contributed by atoms with Crippen LogP contribution in [0.25, 0.3) is 0 Å². The molecule has 33 heavy (non-hydrogen) atoms. The first-order valence-electron chi connectivity index (χ1n) is 10.5. The summed E-state index contributed by atoms with van der Waals surface area (Å²) < 4.78 is 6.23. The zero-order chi connectivity index (χ0) is 22.9. The summed E-state index contributed by atoms with van der Waals surface area (Å²) in [5, 5.41) is 0.455. The molecular weight excluding hydrogens is 442 g/mol. The highest BCUT2D eigenvalue weighted by molar-refractivity contribution is 6.37. The Kier molecular flexibility index (Phi) is 4.21. The number of benzene rings is 3. The molecule has 2 heterocycles. The van der Waals surface area contributed by atoms with E-state index in [-0.39, 0.29) is 11.1 Å². The smallest absolute Gasteiger partial charge is 0.241 e. The third-order valence-electron chi connectivity index (χ3n) is 6.73. The van der Waals surface area contributed by atoms with Gasteiger partial charge in [-0.05, 0) is 29.8 Å². The highest BCUT2D eigenvalue weighted by Gasteiger charge is 2.74. The number of anilines is 1. The van der Waals surface area contributed by atoms with Crippen molar-refractivity contribution in [3.63, 3.8) is 0 Å². The Morgan fingerprint density at radius 2 is 1.30 bits per heavy atom. The van der Waals surface area contributed by atoms with Crippen molar-refractivity contribution in [2.24, 2.45) is 11.8 Å². The van der Waals surface area contributed by atoms with Gasteiger partial charge in [-0.15, -0.1) is 0 Å². The van der Waals surface area contributed by atoms with Gasteiger partial charge in [0.15, 0.2) is 0 Å². The third-order valence-corrected chi connectivity index (χ3v) is 6.98. The van der Waals surface area contributed by atoms with Crippen molar-refractivity contribution in [1.29, 1.82) is 0 Å². The first-order chi connectivity index (χ1) is 15.9. The fourth-order valence-electron chi connectivity index (χ4n) is 5.31. The van der Waals surface area contributed by atoms with Crippen LogP contribution in [0.4, 0.5) is 5.69 Å². The zero-order valence-corrected chi connectivity index (χ0v) is 17.9. The van der Waals surface area contributed by atoms with Gasteiger partial charge in [-0.2, -0.15) is 0 Å². The Bertz CT molecular complexity index is 1320. The number of amides is 2. The molecule has 6 rings (SSSR count). The van der Waals surface area contributed by atoms with Crippen LogP contribution in [0.1, 0.15) is 32.4 Å². The average Bonchev–Trinajstić information content (AvgIpc) is 3.41. The van der Waals surface area contributed by atoms with E-state index in [1.165, 1.54) is 0 Å². The van der Waals surface area contributed by atoms with Gasteiger partial charge in [-0.25, -0.2) is 4.90 Å². The molecule has 3 aromatic carbocycles. The van der Waals surface area contributed by atoms with E-state index >= 15 is 0 Å². The Labute approximate surface area is 193 Å². The Morgan fingerprint density at radius 3 is 1.91 bits per heavy atom. The summed E-state index contributed by atoms with van der Waals surface area (Å²) in [6.07, 6.45) is -0.924. The Hall–Kier alpha value is -3.61. The van der Waals surface area contributed by atoms with Crippen LogP contribution in [0, 0.1) is 11.8 Å². The lowest BCUT2D eigenvalue weighted by Crippen LogP contribution is -2.51. The molecule has 3 atom stereocenters. The van der Waals surface area contributed by atoms with Crippen LogP contribution < -0.4 is 4.90 Å². The molecule has 0 bridgehead atoms. The van der Waals surface area contributed by atoms with Gasteiger partial charge in [0.2, 0.25) is 29.0 Å². The van der Waals surface area contributed by atoms with Crippen LogP contribution in [0.15, 0.2) is 78.9 Å². The van der Waals surface area contributed by atoms with Crippen molar-refractivity contribution in [2.45, 2.75) is 11.7 Å². The fourth-order valence-corrected chi connectivity index (χ4v) is 5.43. The number of rotatable bonds is 2. The molecule has 0 aromatic heterocycles. The molecule has 1 spiro atoms. The molecule has 0 N–H and O–H groups in total. The highest BCUT2D eigenvalue weighted by Crippen LogP contribution is 2.57. The number of ketones is 2. The second kappa shape index (κ2) is 6.94. The summed E-state index contributed by atoms with van der Waals surface area (Å²) in [6.45, 7) is 0. The number of imide groups is 1. The Balaban J connectivity index is 1.55. The van der Waals surface area contributed by atoms with Crippen molar-refractivity contribution >= 4 is 40.7 Å². The van der Waals surface area contributed by atoms with Crippen molar-refractivity contribution in [2.75, 3.05) is 4.90 Å². The molecule has 7 heteroatoms. The van der Waals surface area contributed by atoms with Crippen molar-refractivity contribution in [3.05, 3.63) is 101 Å². The molecule has 162 valence electrons. The lowest BCUT2D eigenvalue weighted by Gasteiger charge is -2.27. The summed E-state index contributed by atoms with van der Waals surface area (Å²) in [7, 11) is 0. The number of hydrogen-bond acceptors (Lipinski definition) is 5. The van der Waals surface area contributed by atoms with Crippen LogP contribution in [0.2, 0.25) is 5.02 Å². The summed E-state index contributed by atoms with van der Waals surface area (Å²) in [6, 6.07) is 21.6. The van der Waals surface area contributed by atoms with Crippen LogP contribution in [0.5, 0.6) is 0 Å². The monoisotopic (exact) mass is 457 g/mol. The highest BCUT2D eigenvalue weighted by atomic mass is 35.5. The number of hydrogen-bond donors (Lipinski definition) is 0. The van der Waals surface area contributed by atoms with E-state index in [1.54, 1.807) is 72.8 Å². The predicted octanol–water partition coefficient (Wildman–Crippen LogP) is 4.04. The van der Waals surface area contributed by atoms with Gasteiger partial charge >= 0.3 is 0 Å². The molecule has 2 fully saturated rings. The van der Waals surface area contributed by atoms with E-state index in [9.17, 15) is 19.2 Å². The topological polar surface area (TPSA) is 80.8 Å². The van der Waals surface area contributed by atoms with E-state index in [1.807, 2.05) is 6.07 Å². The van der Waals surface area contributed by atoms with Gasteiger partial charge in [0.1, 0.15) is 0 Å². The maximum atomic E-state index is 13.8. The summed E-state index contributed by atoms with van der Waals surface area (Å²) in [5.41, 5.74) is -0.690. The van der Waals surface area contributed by atoms with Gasteiger partial charge in [0.25, 0.3) is 0 Å². The van der Waals surface area contributed by atoms with Crippen LogP contribution >= 0.6 is 11.6 Å². The standard InChI is InChI=1S/C26H16ClNO5/c27-15-10-12-16(13-11-15)28-24(31)19-20(25(28)32)26(33-21(19)14-6-2-1-3-7-14)22(29)17-8-4-5-9-18(17)23(26)30/h1-13,19-21H/t19-,20-,21+/m0/s1. The molecular formula is C26H16ClNO5. The number of carbonyl (C=O) groups is 4. The number of Topliss-reactive ketones (excluding diaryl/α,β-unsaturated/α-hetero) is 2. The quantitative estimate of drug-likeness (QED) is 0.428. The maximum Gasteiger partial charge on any atom is 0.241 e. The molecule has 2 amide bonds. The van der Waals surface area contributed by atoms with Gasteiger partial charge < -0.3 is 4.74 Å². The molecule has 1 aliphatic carbocycles. The Morgan fingerprint density at radius 1 is 0.727 bits per heavy atom. The van der Waals surface area contributed by atoms with Crippen molar-refractivity contribution < 1.29 is 23.9 Å². The summed E-state index contributed by atoms with van der Waals surface area (Å²) in [5.74, 6) is -4.56. The minimum atomic E-state index is -2.07. The van der Waals surface area contributed by atoms with E-state index in [4.69, 9.17) is 16.3 Å². The second-order valence-electron chi connectivity index (χ2n) is 8.38. The summed E-state index contributed by atoms with van der Waals surface area (Å²) >= 11 is 5.98. The normalized spacial score (nSPS) is 25.1. The number of ether oxygens (including phenoxy) is 1. The lowest BCUT2D eigenvalue weighted by molar-refractivity contribution is -0.127. The second-order valence-corrected chi connectivity index (χ2v) is 8.82. The lowest BCUT2D eigenvalue weighted by atomic mass is 9.77. The fraction of sp³-hybridized carbons (Fsp3) is 0.154. The maximum absolute atomic E-state index is 13.8. The summed E-state index contributed by atoms with van der Waals surface area (Å²) in [4.78, 5) is 55.8. The van der Waals surface area contributed by atoms with E-state index < -0.39 is 46.9 Å². The van der Waals surface area contributed by atoms with Crippen molar-refractivity contribution in [1.82, 2.24) is 0 Å². The van der Waals surface area contributed by atoms with Crippen molar-refractivity contribution in [3.8, 4) is 0 Å². The van der Waals surface area contributed by atoms with Crippen LogP contribution in [-0.2, 0) is 14.3 Å². The molecule has 3 aliphatic rings. The van der Waals surface area contributed by atoms with Gasteiger partial charge in [-0.3, -0.25) is 19.2 Å². The molecule has 0 radical (unpaired) electrons. The molecule has 3 aromatic rings. The SMILES string of the molecule is O=C1[C@@H]2[C@@H](c3ccccc3)OC3(C(=O)c4ccccc4C3=O)[C@@H]2C(=O)N1c1ccc(Cl)cc1. The first kappa shape index (κ1) is 20.0. The molecule has 0 saturated carbocycles. The van der Waals surface area contributed by atoms with Gasteiger partial charge in [0.05, 0.1) is 23.6 Å². The predicted molar refractivity (Wildman–Crippen MR) is 119 cm³/mol. The molecule has 2 aliphatic heterocycles. The van der Waals surface area contributed by atoms with E-state index in [0.717, 1.165) is 4.90 Å². The van der Waals surface area contributed by atoms with Crippen LogP contribution in [0.3, 0.4) is 0 Å². The number of nitrogens with zero attached hydrogens (tertiary/aromatic N) is 1. The minimum Gasteiger partial charge on any atom is -0.349 e. The van der Waals surface area contributed by atoms with E-state index in [2.05, 4.69) is 0 Å². The van der Waals surface area contributed by atoms with Crippen LogP contribution in [-0.4, -0.2) is 29.0 Å². The number of halogens is 1. The minimum absolute atomic E-state index is 0.208. The van der Waals surface area contributed by atoms with Gasteiger partial charge in [-0.1, -0.05) is 66.2 Å². The first-order valence-corrected chi connectivity index (χ1v) is 10.9.